The van der Waals surface area contributed by atoms with Gasteiger partial charge in [0, 0.05) is 6.04 Å². The summed E-state index contributed by atoms with van der Waals surface area (Å²) in [5, 5.41) is 6.45. The molecule has 94 valence electrons. The molecule has 1 N–H and O–H groups in total. The average molecular weight is 271 g/mol. The number of hydrogen-bond acceptors (Lipinski definition) is 2. The molecule has 0 bridgehead atoms. The van der Waals surface area contributed by atoms with Crippen LogP contribution in [0, 0.1) is 22.2 Å². The molecule has 7 heteroatoms. The van der Waals surface area contributed by atoms with E-state index in [2.05, 4.69) is 10.2 Å². The smallest absolute Gasteiger partial charge is 0.195 e. The zero-order chi connectivity index (χ0) is 12.9. The van der Waals surface area contributed by atoms with Gasteiger partial charge in [-0.2, -0.15) is 5.10 Å². The Labute approximate surface area is 105 Å². The number of nitrogens with zero attached hydrogens (tertiary/aromatic N) is 2. The molecule has 1 aromatic heterocycles. The van der Waals surface area contributed by atoms with Crippen LogP contribution in [0.4, 0.5) is 13.2 Å². The minimum absolute atomic E-state index is 0.0897. The van der Waals surface area contributed by atoms with Crippen molar-refractivity contribution in [3.05, 3.63) is 34.4 Å². The van der Waals surface area contributed by atoms with E-state index in [1.54, 1.807) is 4.57 Å². The lowest BCUT2D eigenvalue weighted by atomic mass is 10.2. The van der Waals surface area contributed by atoms with Crippen molar-refractivity contribution in [2.24, 2.45) is 0 Å². The third-order valence-corrected chi connectivity index (χ3v) is 3.18. The normalized spacial score (nSPS) is 15.1. The zero-order valence-corrected chi connectivity index (χ0v) is 9.90. The Bertz CT molecular complexity index is 673. The molecule has 1 aliphatic rings. The Hall–Kier alpha value is -1.63. The Balaban J connectivity index is 2.21. The van der Waals surface area contributed by atoms with Gasteiger partial charge in [0.15, 0.2) is 28.0 Å². The Morgan fingerprint density at radius 1 is 1.22 bits per heavy atom. The van der Waals surface area contributed by atoms with Crippen molar-refractivity contribution in [3.63, 3.8) is 0 Å². The van der Waals surface area contributed by atoms with Gasteiger partial charge < -0.3 is 0 Å². The second-order valence-electron chi connectivity index (χ2n) is 4.18. The monoisotopic (exact) mass is 271 g/mol. The number of benzene rings is 1. The van der Waals surface area contributed by atoms with Gasteiger partial charge in [0.25, 0.3) is 0 Å². The quantitative estimate of drug-likeness (QED) is 0.671. The maximum Gasteiger partial charge on any atom is 0.195 e. The van der Waals surface area contributed by atoms with Gasteiger partial charge in [-0.15, -0.1) is 0 Å². The predicted molar refractivity (Wildman–Crippen MR) is 61.0 cm³/mol. The van der Waals surface area contributed by atoms with Crippen LogP contribution < -0.4 is 0 Å². The molecule has 2 aromatic rings. The van der Waals surface area contributed by atoms with E-state index >= 15 is 0 Å². The summed E-state index contributed by atoms with van der Waals surface area (Å²) in [7, 11) is 0. The SMILES string of the molecule is Fc1ccc(-c2n[nH]c(=S)n2C2CC2)c(F)c1F. The molecule has 3 nitrogen and oxygen atoms in total. The molecule has 0 saturated heterocycles. The Morgan fingerprint density at radius 3 is 2.61 bits per heavy atom. The minimum atomic E-state index is -1.50. The third-order valence-electron chi connectivity index (χ3n) is 2.89. The van der Waals surface area contributed by atoms with Crippen LogP contribution in [0.2, 0.25) is 0 Å². The highest BCUT2D eigenvalue weighted by atomic mass is 32.1. The number of H-pyrrole nitrogens is 1. The molecule has 1 aromatic carbocycles. The lowest BCUT2D eigenvalue weighted by Crippen LogP contribution is -2.01. The van der Waals surface area contributed by atoms with Crippen LogP contribution in [-0.2, 0) is 0 Å². The first-order valence-corrected chi connectivity index (χ1v) is 5.81. The van der Waals surface area contributed by atoms with Crippen molar-refractivity contribution in [1.29, 1.82) is 0 Å². The van der Waals surface area contributed by atoms with E-state index in [4.69, 9.17) is 12.2 Å². The maximum absolute atomic E-state index is 13.7. The average Bonchev–Trinajstić information content (AvgIpc) is 3.11. The number of aromatic amines is 1. The van der Waals surface area contributed by atoms with Crippen LogP contribution in [0.1, 0.15) is 18.9 Å². The Morgan fingerprint density at radius 2 is 1.94 bits per heavy atom. The van der Waals surface area contributed by atoms with Crippen molar-refractivity contribution < 1.29 is 13.2 Å². The van der Waals surface area contributed by atoms with E-state index < -0.39 is 17.5 Å². The van der Waals surface area contributed by atoms with Gasteiger partial charge in [-0.3, -0.25) is 9.67 Å². The molecule has 0 unspecified atom stereocenters. The van der Waals surface area contributed by atoms with Gasteiger partial charge in [-0.1, -0.05) is 0 Å². The highest BCUT2D eigenvalue weighted by molar-refractivity contribution is 7.71. The van der Waals surface area contributed by atoms with Crippen LogP contribution in [0.15, 0.2) is 12.1 Å². The van der Waals surface area contributed by atoms with Crippen molar-refractivity contribution in [2.45, 2.75) is 18.9 Å². The maximum atomic E-state index is 13.7. The fourth-order valence-corrected chi connectivity index (χ4v) is 2.15. The molecule has 1 saturated carbocycles. The van der Waals surface area contributed by atoms with Gasteiger partial charge in [-0.05, 0) is 37.2 Å². The summed E-state index contributed by atoms with van der Waals surface area (Å²) >= 11 is 5.05. The van der Waals surface area contributed by atoms with Crippen molar-refractivity contribution in [2.75, 3.05) is 0 Å². The van der Waals surface area contributed by atoms with Gasteiger partial charge in [0.2, 0.25) is 0 Å². The highest BCUT2D eigenvalue weighted by Gasteiger charge is 2.29. The molecule has 0 amide bonds. The van der Waals surface area contributed by atoms with E-state index in [9.17, 15) is 13.2 Å². The number of rotatable bonds is 2. The summed E-state index contributed by atoms with van der Waals surface area (Å²) in [6, 6.07) is 2.21. The highest BCUT2D eigenvalue weighted by Crippen LogP contribution is 2.38. The van der Waals surface area contributed by atoms with Crippen LogP contribution in [0.3, 0.4) is 0 Å². The van der Waals surface area contributed by atoms with E-state index in [1.807, 2.05) is 0 Å². The summed E-state index contributed by atoms with van der Waals surface area (Å²) in [5.74, 6) is -3.75. The van der Waals surface area contributed by atoms with E-state index in [-0.39, 0.29) is 17.4 Å². The summed E-state index contributed by atoms with van der Waals surface area (Å²) in [6.07, 6.45) is 1.85. The third kappa shape index (κ3) is 1.66. The standard InChI is InChI=1S/C11H8F3N3S/c12-7-4-3-6(8(13)9(7)14)10-15-16-11(18)17(10)5-1-2-5/h3-5H,1-2H2,(H,16,18). The lowest BCUT2D eigenvalue weighted by Gasteiger charge is -2.06. The van der Waals surface area contributed by atoms with Gasteiger partial charge in [0.1, 0.15) is 0 Å². The van der Waals surface area contributed by atoms with E-state index in [1.165, 1.54) is 0 Å². The fourth-order valence-electron chi connectivity index (χ4n) is 1.86. The van der Waals surface area contributed by atoms with Crippen molar-refractivity contribution in [3.8, 4) is 11.4 Å². The molecule has 0 spiro atoms. The largest absolute Gasteiger partial charge is 0.297 e. The Kier molecular flexibility index (Phi) is 2.51. The van der Waals surface area contributed by atoms with Crippen molar-refractivity contribution >= 4 is 12.2 Å². The summed E-state index contributed by atoms with van der Waals surface area (Å²) in [5.41, 5.74) is -0.0897. The summed E-state index contributed by atoms with van der Waals surface area (Å²) in [4.78, 5) is 0. The number of halogens is 3. The fraction of sp³-hybridized carbons (Fsp3) is 0.273. The van der Waals surface area contributed by atoms with Gasteiger partial charge in [0.05, 0.1) is 5.56 Å². The molecular weight excluding hydrogens is 263 g/mol. The first-order chi connectivity index (χ1) is 8.59. The second-order valence-corrected chi connectivity index (χ2v) is 4.56. The van der Waals surface area contributed by atoms with E-state index in [0.29, 0.717) is 4.77 Å². The molecule has 0 atom stereocenters. The zero-order valence-electron chi connectivity index (χ0n) is 9.08. The van der Waals surface area contributed by atoms with E-state index in [0.717, 1.165) is 25.0 Å². The predicted octanol–water partition coefficient (Wildman–Crippen LogP) is 3.36. The van der Waals surface area contributed by atoms with Crippen LogP contribution >= 0.6 is 12.2 Å². The molecule has 1 fully saturated rings. The number of nitrogens with one attached hydrogen (secondary N) is 1. The topological polar surface area (TPSA) is 33.6 Å². The minimum Gasteiger partial charge on any atom is -0.297 e. The molecule has 3 rings (SSSR count). The van der Waals surface area contributed by atoms with Crippen LogP contribution in [0.5, 0.6) is 0 Å². The summed E-state index contributed by atoms with van der Waals surface area (Å²) < 4.78 is 41.8. The molecule has 0 radical (unpaired) electrons. The van der Waals surface area contributed by atoms with Gasteiger partial charge >= 0.3 is 0 Å². The molecule has 1 heterocycles. The number of aromatic nitrogens is 3. The molecule has 0 aliphatic heterocycles. The summed E-state index contributed by atoms with van der Waals surface area (Å²) in [6.45, 7) is 0. The van der Waals surface area contributed by atoms with Gasteiger partial charge in [-0.25, -0.2) is 13.2 Å². The lowest BCUT2D eigenvalue weighted by molar-refractivity contribution is 0.448. The van der Waals surface area contributed by atoms with Crippen LogP contribution in [-0.4, -0.2) is 14.8 Å². The number of hydrogen-bond donors (Lipinski definition) is 1. The van der Waals surface area contributed by atoms with Crippen LogP contribution in [0.25, 0.3) is 11.4 Å². The second kappa shape index (κ2) is 3.94. The molecule has 1 aliphatic carbocycles. The first-order valence-electron chi connectivity index (χ1n) is 5.40. The molecule has 18 heavy (non-hydrogen) atoms. The first kappa shape index (κ1) is 11.5. The van der Waals surface area contributed by atoms with Crippen molar-refractivity contribution in [1.82, 2.24) is 14.8 Å². The molecular formula is C11H8F3N3S.